The molecule has 0 aliphatic heterocycles. The molecule has 32 heavy (non-hydrogen) atoms. The summed E-state index contributed by atoms with van der Waals surface area (Å²) in [4.78, 5) is 13.0. The van der Waals surface area contributed by atoms with Gasteiger partial charge in [0.05, 0.1) is 11.2 Å². The van der Waals surface area contributed by atoms with Crippen molar-refractivity contribution in [2.45, 2.75) is 93.0 Å². The lowest BCUT2D eigenvalue weighted by Gasteiger charge is -2.41. The summed E-state index contributed by atoms with van der Waals surface area (Å²) in [5.74, 6) is 1.14. The smallest absolute Gasteiger partial charge is 0.168 e. The molecule has 0 heterocycles. The van der Waals surface area contributed by atoms with Crippen LogP contribution in [-0.4, -0.2) is 16.8 Å². The fourth-order valence-corrected chi connectivity index (χ4v) is 2.71. The van der Waals surface area contributed by atoms with Crippen molar-refractivity contribution >= 4 is 5.69 Å². The topological polar surface area (TPSA) is 30.9 Å². The molecule has 1 rings (SSSR count). The maximum absolute atomic E-state index is 6.64. The summed E-state index contributed by atoms with van der Waals surface area (Å²) in [5, 5.41) is 1.53. The van der Waals surface area contributed by atoms with Crippen molar-refractivity contribution in [3.63, 3.8) is 0 Å². The van der Waals surface area contributed by atoms with E-state index in [1.54, 1.807) is 0 Å². The lowest BCUT2D eigenvalue weighted by molar-refractivity contribution is -0.221. The Morgan fingerprint density at radius 2 is 1.31 bits per heavy atom. The predicted octanol–water partition coefficient (Wildman–Crippen LogP) is 8.07. The van der Waals surface area contributed by atoms with Gasteiger partial charge in [0.25, 0.3) is 0 Å². The van der Waals surface area contributed by atoms with Crippen molar-refractivity contribution < 1.29 is 14.4 Å². The molecular formula is C28H45NO3. The molecule has 0 bridgehead atoms. The summed E-state index contributed by atoms with van der Waals surface area (Å²) < 4.78 is 6.64. The van der Waals surface area contributed by atoms with Crippen LogP contribution in [0.2, 0.25) is 0 Å². The minimum atomic E-state index is -0.836. The number of allylic oxidation sites excluding steroid dienone is 1. The van der Waals surface area contributed by atoms with Gasteiger partial charge in [-0.25, -0.2) is 9.68 Å². The molecule has 0 aliphatic carbocycles. The van der Waals surface area contributed by atoms with Crippen LogP contribution < -0.4 is 9.96 Å². The molecule has 0 atom stereocenters. The summed E-state index contributed by atoms with van der Waals surface area (Å²) in [6, 6.07) is 7.75. The largest absolute Gasteiger partial charge is 0.472 e. The lowest BCUT2D eigenvalue weighted by Crippen LogP contribution is -2.46. The molecule has 0 aromatic heterocycles. The van der Waals surface area contributed by atoms with Crippen LogP contribution in [0.25, 0.3) is 0 Å². The molecule has 1 aromatic carbocycles. The van der Waals surface area contributed by atoms with E-state index >= 15 is 0 Å². The number of hydrogen-bond donors (Lipinski definition) is 0. The second kappa shape index (κ2) is 10.7. The number of anilines is 1. The standard InChI is InChI=1S/C28H45NO3/c1-14-19-28(22(6)7,23(8)9)30-25-18-16-15-17-24(25)29(31-26(10,11)20(2)3)32-27(12,13)21(4)5/h14-21H,6,8H2,1-5,7,9-13H3. The fourth-order valence-electron chi connectivity index (χ4n) is 2.71. The second-order valence-corrected chi connectivity index (χ2v) is 10.3. The Hall–Kier alpha value is -2.04. The van der Waals surface area contributed by atoms with Crippen LogP contribution in [0.4, 0.5) is 5.69 Å². The molecule has 4 nitrogen and oxygen atoms in total. The molecule has 0 amide bonds. The van der Waals surface area contributed by atoms with E-state index in [9.17, 15) is 0 Å². The Morgan fingerprint density at radius 1 is 0.875 bits per heavy atom. The van der Waals surface area contributed by atoms with Crippen LogP contribution in [0, 0.1) is 11.8 Å². The van der Waals surface area contributed by atoms with Gasteiger partial charge in [-0.05, 0) is 89.7 Å². The van der Waals surface area contributed by atoms with Crippen molar-refractivity contribution in [1.82, 2.24) is 0 Å². The highest BCUT2D eigenvalue weighted by Crippen LogP contribution is 2.40. The first-order valence-corrected chi connectivity index (χ1v) is 11.5. The summed E-state index contributed by atoms with van der Waals surface area (Å²) >= 11 is 0. The minimum absolute atomic E-state index is 0.261. The molecule has 0 saturated carbocycles. The van der Waals surface area contributed by atoms with E-state index in [4.69, 9.17) is 14.4 Å². The van der Waals surface area contributed by atoms with Gasteiger partial charge in [0.1, 0.15) is 11.4 Å². The Bertz CT molecular complexity index is 782. The van der Waals surface area contributed by atoms with Gasteiger partial charge in [0.2, 0.25) is 0 Å². The monoisotopic (exact) mass is 443 g/mol. The number of hydrogen-bond acceptors (Lipinski definition) is 4. The third-order valence-electron chi connectivity index (χ3n) is 6.42. The summed E-state index contributed by atoms with van der Waals surface area (Å²) in [7, 11) is 0. The number of para-hydroxylation sites is 2. The minimum Gasteiger partial charge on any atom is -0.472 e. The van der Waals surface area contributed by atoms with Gasteiger partial charge in [-0.15, -0.1) is 5.23 Å². The Labute approximate surface area is 196 Å². The van der Waals surface area contributed by atoms with Crippen molar-refractivity contribution in [2.75, 3.05) is 5.23 Å². The van der Waals surface area contributed by atoms with E-state index in [0.717, 1.165) is 11.1 Å². The maximum atomic E-state index is 6.64. The molecule has 180 valence electrons. The summed E-state index contributed by atoms with van der Waals surface area (Å²) in [5.41, 5.74) is 0.600. The van der Waals surface area contributed by atoms with E-state index in [1.165, 1.54) is 5.23 Å². The quantitative estimate of drug-likeness (QED) is 0.241. The van der Waals surface area contributed by atoms with Crippen LogP contribution in [0.5, 0.6) is 5.75 Å². The summed E-state index contributed by atoms with van der Waals surface area (Å²) in [6.07, 6.45) is 3.94. The van der Waals surface area contributed by atoms with Gasteiger partial charge in [0.15, 0.2) is 5.60 Å². The van der Waals surface area contributed by atoms with E-state index in [0.29, 0.717) is 11.4 Å². The predicted molar refractivity (Wildman–Crippen MR) is 137 cm³/mol. The average molecular weight is 444 g/mol. The number of nitrogens with zero attached hydrogens (tertiary/aromatic N) is 1. The molecule has 1 aromatic rings. The van der Waals surface area contributed by atoms with Crippen LogP contribution in [-0.2, 0) is 9.68 Å². The number of ether oxygens (including phenoxy) is 1. The van der Waals surface area contributed by atoms with Gasteiger partial charge in [-0.3, -0.25) is 0 Å². The molecule has 0 saturated heterocycles. The third-order valence-corrected chi connectivity index (χ3v) is 6.42. The van der Waals surface area contributed by atoms with E-state index in [-0.39, 0.29) is 11.8 Å². The third kappa shape index (κ3) is 6.49. The van der Waals surface area contributed by atoms with Gasteiger partial charge >= 0.3 is 0 Å². The fraction of sp³-hybridized carbons (Fsp3) is 0.571. The molecule has 4 heteroatoms. The van der Waals surface area contributed by atoms with Crippen LogP contribution >= 0.6 is 0 Å². The Kier molecular flexibility index (Phi) is 9.38. The van der Waals surface area contributed by atoms with Crippen molar-refractivity contribution in [3.05, 3.63) is 60.7 Å². The van der Waals surface area contributed by atoms with Crippen LogP contribution in [0.1, 0.15) is 76.2 Å². The van der Waals surface area contributed by atoms with Crippen molar-refractivity contribution in [3.8, 4) is 5.75 Å². The first kappa shape index (κ1) is 28.0. The Morgan fingerprint density at radius 3 is 1.69 bits per heavy atom. The zero-order chi connectivity index (χ0) is 24.9. The van der Waals surface area contributed by atoms with Crippen molar-refractivity contribution in [2.24, 2.45) is 11.8 Å². The molecule has 0 aliphatic rings. The van der Waals surface area contributed by atoms with Crippen LogP contribution in [0.15, 0.2) is 60.7 Å². The van der Waals surface area contributed by atoms with Crippen molar-refractivity contribution in [1.29, 1.82) is 0 Å². The zero-order valence-electron chi connectivity index (χ0n) is 22.2. The van der Waals surface area contributed by atoms with Gasteiger partial charge in [-0.1, -0.05) is 59.1 Å². The van der Waals surface area contributed by atoms with Gasteiger partial charge < -0.3 is 4.74 Å². The van der Waals surface area contributed by atoms with E-state index in [2.05, 4.69) is 68.5 Å². The van der Waals surface area contributed by atoms with E-state index in [1.807, 2.05) is 57.2 Å². The van der Waals surface area contributed by atoms with Gasteiger partial charge in [-0.2, -0.15) is 0 Å². The maximum Gasteiger partial charge on any atom is 0.168 e. The molecule has 0 fully saturated rings. The normalized spacial score (nSPS) is 13.2. The van der Waals surface area contributed by atoms with Crippen LogP contribution in [0.3, 0.4) is 0 Å². The molecular weight excluding hydrogens is 398 g/mol. The van der Waals surface area contributed by atoms with Gasteiger partial charge in [0, 0.05) is 0 Å². The highest BCUT2D eigenvalue weighted by Gasteiger charge is 2.37. The number of rotatable bonds is 12. The first-order valence-electron chi connectivity index (χ1n) is 11.5. The molecule has 0 N–H and O–H groups in total. The average Bonchev–Trinajstić information content (AvgIpc) is 2.66. The highest BCUT2D eigenvalue weighted by atomic mass is 17.0. The van der Waals surface area contributed by atoms with E-state index < -0.39 is 16.8 Å². The lowest BCUT2D eigenvalue weighted by atomic mass is 9.88. The Balaban J connectivity index is 3.62. The second-order valence-electron chi connectivity index (χ2n) is 10.3. The summed E-state index contributed by atoms with van der Waals surface area (Å²) in [6.45, 7) is 31.0. The molecule has 0 radical (unpaired) electrons. The first-order chi connectivity index (χ1) is 14.6. The molecule has 0 spiro atoms. The zero-order valence-corrected chi connectivity index (χ0v) is 22.2. The SMILES string of the molecule is C=C(C)C(C=CC)(Oc1ccccc1N(OC(C)(C)C(C)C)OC(C)(C)C(C)C)C(=C)C. The number of benzene rings is 1. The molecule has 0 unspecified atom stereocenters. The highest BCUT2D eigenvalue weighted by molar-refractivity contribution is 5.57.